The van der Waals surface area contributed by atoms with Crippen LogP contribution in [0.25, 0.3) is 0 Å². The van der Waals surface area contributed by atoms with Crippen LogP contribution in [0.4, 0.5) is 0 Å². The van der Waals surface area contributed by atoms with Crippen molar-refractivity contribution < 1.29 is 18.9 Å². The van der Waals surface area contributed by atoms with E-state index < -0.39 is 0 Å². The van der Waals surface area contributed by atoms with E-state index >= 15 is 0 Å². The fraction of sp³-hybridized carbons (Fsp3) is 0.941. The van der Waals surface area contributed by atoms with E-state index in [0.29, 0.717) is 19.1 Å². The second-order valence-corrected chi connectivity index (χ2v) is 5.80. The molecular weight excluding hydrogens is 310 g/mol. The molecule has 1 aliphatic heterocycles. The SMILES string of the molecule is CCNC(=NCCCOCC1CCOC1)NCCCOCCOC. The quantitative estimate of drug-likeness (QED) is 0.278. The molecule has 1 heterocycles. The first kappa shape index (κ1) is 21.2. The van der Waals surface area contributed by atoms with Crippen molar-refractivity contribution in [2.24, 2.45) is 10.9 Å². The number of ether oxygens (including phenoxy) is 4. The summed E-state index contributed by atoms with van der Waals surface area (Å²) in [5.74, 6) is 1.44. The standard InChI is InChI=1S/C17H35N3O4/c1-3-18-17(19-7-4-9-22-13-12-21-2)20-8-5-10-23-14-16-6-11-24-15-16/h16H,3-15H2,1-2H3,(H2,18,19,20). The van der Waals surface area contributed by atoms with Gasteiger partial charge in [0.15, 0.2) is 5.96 Å². The van der Waals surface area contributed by atoms with Crippen molar-refractivity contribution in [2.45, 2.75) is 26.2 Å². The minimum Gasteiger partial charge on any atom is -0.382 e. The summed E-state index contributed by atoms with van der Waals surface area (Å²) < 4.78 is 21.4. The second-order valence-electron chi connectivity index (χ2n) is 5.80. The van der Waals surface area contributed by atoms with E-state index in [1.54, 1.807) is 7.11 Å². The van der Waals surface area contributed by atoms with Crippen LogP contribution in [0.1, 0.15) is 26.2 Å². The molecule has 1 fully saturated rings. The van der Waals surface area contributed by atoms with Crippen LogP contribution in [0.5, 0.6) is 0 Å². The Balaban J connectivity index is 1.99. The largest absolute Gasteiger partial charge is 0.382 e. The molecule has 0 aromatic carbocycles. The Kier molecular flexibility index (Phi) is 13.8. The molecule has 142 valence electrons. The highest BCUT2D eigenvalue weighted by atomic mass is 16.5. The molecule has 7 heteroatoms. The zero-order chi connectivity index (χ0) is 17.3. The molecule has 0 saturated carbocycles. The van der Waals surface area contributed by atoms with Crippen molar-refractivity contribution in [1.29, 1.82) is 0 Å². The van der Waals surface area contributed by atoms with Crippen molar-refractivity contribution in [1.82, 2.24) is 10.6 Å². The van der Waals surface area contributed by atoms with Gasteiger partial charge < -0.3 is 29.6 Å². The van der Waals surface area contributed by atoms with Gasteiger partial charge in [0.25, 0.3) is 0 Å². The number of hydrogen-bond acceptors (Lipinski definition) is 5. The van der Waals surface area contributed by atoms with Gasteiger partial charge in [-0.2, -0.15) is 0 Å². The smallest absolute Gasteiger partial charge is 0.191 e. The third-order valence-electron chi connectivity index (χ3n) is 3.63. The molecule has 0 aliphatic carbocycles. The Morgan fingerprint density at radius 1 is 1.12 bits per heavy atom. The van der Waals surface area contributed by atoms with Crippen molar-refractivity contribution >= 4 is 5.96 Å². The van der Waals surface area contributed by atoms with Crippen LogP contribution in [0.2, 0.25) is 0 Å². The molecule has 24 heavy (non-hydrogen) atoms. The van der Waals surface area contributed by atoms with E-state index in [1.165, 1.54) is 0 Å². The minimum atomic E-state index is 0.582. The van der Waals surface area contributed by atoms with Crippen LogP contribution < -0.4 is 10.6 Å². The van der Waals surface area contributed by atoms with Crippen LogP contribution in [-0.2, 0) is 18.9 Å². The van der Waals surface area contributed by atoms with Crippen molar-refractivity contribution in [3.63, 3.8) is 0 Å². The van der Waals surface area contributed by atoms with Crippen molar-refractivity contribution in [3.8, 4) is 0 Å². The Morgan fingerprint density at radius 3 is 2.75 bits per heavy atom. The summed E-state index contributed by atoms with van der Waals surface area (Å²) in [5.41, 5.74) is 0. The molecule has 1 aliphatic rings. The molecular formula is C17H35N3O4. The summed E-state index contributed by atoms with van der Waals surface area (Å²) >= 11 is 0. The van der Waals surface area contributed by atoms with E-state index in [0.717, 1.165) is 77.9 Å². The third kappa shape index (κ3) is 11.6. The predicted molar refractivity (Wildman–Crippen MR) is 95.7 cm³/mol. The highest BCUT2D eigenvalue weighted by Gasteiger charge is 2.15. The summed E-state index contributed by atoms with van der Waals surface area (Å²) in [6.45, 7) is 9.86. The molecule has 1 saturated heterocycles. The maximum atomic E-state index is 5.69. The summed E-state index contributed by atoms with van der Waals surface area (Å²) in [7, 11) is 1.68. The Labute approximate surface area is 146 Å². The van der Waals surface area contributed by atoms with Crippen LogP contribution in [-0.4, -0.2) is 79.0 Å². The average molecular weight is 345 g/mol. The Hall–Kier alpha value is -0.890. The van der Waals surface area contributed by atoms with Crippen molar-refractivity contribution in [3.05, 3.63) is 0 Å². The lowest BCUT2D eigenvalue weighted by molar-refractivity contribution is 0.0698. The molecule has 2 N–H and O–H groups in total. The van der Waals surface area contributed by atoms with Crippen LogP contribution in [0.15, 0.2) is 4.99 Å². The van der Waals surface area contributed by atoms with Gasteiger partial charge in [-0.05, 0) is 26.2 Å². The van der Waals surface area contributed by atoms with E-state index in [4.69, 9.17) is 18.9 Å². The molecule has 1 unspecified atom stereocenters. The lowest BCUT2D eigenvalue weighted by atomic mass is 10.1. The van der Waals surface area contributed by atoms with E-state index in [1.807, 2.05) is 0 Å². The van der Waals surface area contributed by atoms with Gasteiger partial charge in [-0.1, -0.05) is 0 Å². The number of aliphatic imine (C=N–C) groups is 1. The Bertz CT molecular complexity index is 310. The normalized spacial score (nSPS) is 18.1. The van der Waals surface area contributed by atoms with E-state index in [2.05, 4.69) is 22.5 Å². The number of hydrogen-bond donors (Lipinski definition) is 2. The Morgan fingerprint density at radius 2 is 2.00 bits per heavy atom. The topological polar surface area (TPSA) is 73.3 Å². The van der Waals surface area contributed by atoms with Crippen LogP contribution >= 0.6 is 0 Å². The van der Waals surface area contributed by atoms with Gasteiger partial charge in [0.1, 0.15) is 0 Å². The number of rotatable bonds is 14. The maximum absolute atomic E-state index is 5.69. The summed E-state index contributed by atoms with van der Waals surface area (Å²) in [5, 5.41) is 6.57. The van der Waals surface area contributed by atoms with Gasteiger partial charge in [-0.3, -0.25) is 4.99 Å². The van der Waals surface area contributed by atoms with Gasteiger partial charge in [-0.15, -0.1) is 0 Å². The molecule has 0 spiro atoms. The lowest BCUT2D eigenvalue weighted by Gasteiger charge is -2.12. The molecule has 1 atom stereocenters. The number of methoxy groups -OCH3 is 1. The monoisotopic (exact) mass is 345 g/mol. The summed E-state index contributed by atoms with van der Waals surface area (Å²) in [6.07, 6.45) is 3.01. The first-order valence-electron chi connectivity index (χ1n) is 9.11. The average Bonchev–Trinajstić information content (AvgIpc) is 3.10. The van der Waals surface area contributed by atoms with Gasteiger partial charge in [-0.25, -0.2) is 0 Å². The van der Waals surface area contributed by atoms with Gasteiger partial charge in [0.2, 0.25) is 0 Å². The van der Waals surface area contributed by atoms with E-state index in [9.17, 15) is 0 Å². The third-order valence-corrected chi connectivity index (χ3v) is 3.63. The fourth-order valence-electron chi connectivity index (χ4n) is 2.29. The van der Waals surface area contributed by atoms with Crippen LogP contribution in [0.3, 0.4) is 0 Å². The van der Waals surface area contributed by atoms with Gasteiger partial charge >= 0.3 is 0 Å². The first-order chi connectivity index (χ1) is 11.9. The molecule has 0 aromatic heterocycles. The van der Waals surface area contributed by atoms with Gasteiger partial charge in [0, 0.05) is 52.5 Å². The predicted octanol–water partition coefficient (Wildman–Crippen LogP) is 1.04. The molecule has 7 nitrogen and oxygen atoms in total. The second kappa shape index (κ2) is 15.6. The fourth-order valence-corrected chi connectivity index (χ4v) is 2.29. The number of guanidine groups is 1. The lowest BCUT2D eigenvalue weighted by Crippen LogP contribution is -2.38. The molecule has 1 rings (SSSR count). The van der Waals surface area contributed by atoms with Gasteiger partial charge in [0.05, 0.1) is 26.4 Å². The first-order valence-corrected chi connectivity index (χ1v) is 9.11. The summed E-state index contributed by atoms with van der Waals surface area (Å²) in [4.78, 5) is 4.56. The number of nitrogens with one attached hydrogen (secondary N) is 2. The number of nitrogens with zero attached hydrogens (tertiary/aromatic N) is 1. The molecule has 0 radical (unpaired) electrons. The van der Waals surface area contributed by atoms with E-state index in [-0.39, 0.29) is 0 Å². The highest BCUT2D eigenvalue weighted by Crippen LogP contribution is 2.12. The minimum absolute atomic E-state index is 0.582. The highest BCUT2D eigenvalue weighted by molar-refractivity contribution is 5.79. The zero-order valence-electron chi connectivity index (χ0n) is 15.3. The zero-order valence-corrected chi connectivity index (χ0v) is 15.3. The summed E-state index contributed by atoms with van der Waals surface area (Å²) in [6, 6.07) is 0. The van der Waals surface area contributed by atoms with Crippen LogP contribution in [0, 0.1) is 5.92 Å². The molecule has 0 aromatic rings. The van der Waals surface area contributed by atoms with Crippen molar-refractivity contribution in [2.75, 3.05) is 73.0 Å². The molecule has 0 amide bonds. The molecule has 0 bridgehead atoms. The maximum Gasteiger partial charge on any atom is 0.191 e.